The quantitative estimate of drug-likeness (QED) is 0.194. The van der Waals surface area contributed by atoms with E-state index in [1.54, 1.807) is 19.1 Å². The smallest absolute Gasteiger partial charge is 0.305 e. The molecule has 0 radical (unpaired) electrons. The molecule has 0 spiro atoms. The molecule has 1 aliphatic carbocycles. The number of Topliss-reactive ketones (excluding diaryl/α,β-unsaturated/α-hetero) is 1. The molecule has 0 saturated heterocycles. The molecular weight excluding hydrogens is 388 g/mol. The highest BCUT2D eigenvalue weighted by molar-refractivity contribution is 7.90. The Kier molecular flexibility index (Phi) is 12.7. The van der Waals surface area contributed by atoms with Crippen molar-refractivity contribution in [1.82, 2.24) is 0 Å². The van der Waals surface area contributed by atoms with Gasteiger partial charge in [0, 0.05) is 23.7 Å². The van der Waals surface area contributed by atoms with Crippen LogP contribution in [0.1, 0.15) is 71.6 Å². The van der Waals surface area contributed by atoms with Crippen LogP contribution in [0.4, 0.5) is 0 Å². The van der Waals surface area contributed by atoms with Crippen molar-refractivity contribution in [2.75, 3.05) is 12.9 Å². The molecule has 6 heteroatoms. The van der Waals surface area contributed by atoms with Crippen molar-refractivity contribution in [3.63, 3.8) is 0 Å². The number of hydrogen-bond acceptors (Lipinski definition) is 5. The molecule has 0 saturated carbocycles. The van der Waals surface area contributed by atoms with Crippen molar-refractivity contribution in [2.45, 2.75) is 77.7 Å². The molecule has 5 nitrogen and oxygen atoms in total. The van der Waals surface area contributed by atoms with Crippen LogP contribution in [0.25, 0.3) is 0 Å². The molecule has 1 aliphatic rings. The maximum Gasteiger partial charge on any atom is 0.305 e. The lowest BCUT2D eigenvalue weighted by Crippen LogP contribution is -2.08. The van der Waals surface area contributed by atoms with Crippen molar-refractivity contribution >= 4 is 22.6 Å². The third kappa shape index (κ3) is 9.22. The highest BCUT2D eigenvalue weighted by Crippen LogP contribution is 2.31. The van der Waals surface area contributed by atoms with Gasteiger partial charge in [0.1, 0.15) is 0 Å². The highest BCUT2D eigenvalue weighted by Gasteiger charge is 2.31. The van der Waals surface area contributed by atoms with Gasteiger partial charge in [0.2, 0.25) is 0 Å². The van der Waals surface area contributed by atoms with E-state index in [-0.39, 0.29) is 17.7 Å². The van der Waals surface area contributed by atoms with Crippen LogP contribution in [0.2, 0.25) is 0 Å². The third-order valence-electron chi connectivity index (χ3n) is 5.00. The lowest BCUT2D eigenvalue weighted by molar-refractivity contribution is -0.140. The van der Waals surface area contributed by atoms with Gasteiger partial charge in [0.05, 0.1) is 28.9 Å². The SMILES string of the molecule is CCCCCC(O)C=CC1C=C(S(=O)CC)C(=O)C1=CCCCCCC(=O)OC. The van der Waals surface area contributed by atoms with Crippen LogP contribution in [-0.4, -0.2) is 40.0 Å². The summed E-state index contributed by atoms with van der Waals surface area (Å²) in [5.74, 6) is -0.166. The van der Waals surface area contributed by atoms with Gasteiger partial charge in [-0.3, -0.25) is 13.8 Å². The van der Waals surface area contributed by atoms with Crippen molar-refractivity contribution in [3.8, 4) is 0 Å². The molecule has 1 N–H and O–H groups in total. The lowest BCUT2D eigenvalue weighted by atomic mass is 9.98. The Bertz CT molecular complexity index is 648. The summed E-state index contributed by atoms with van der Waals surface area (Å²) in [5, 5.41) is 10.1. The van der Waals surface area contributed by atoms with Crippen molar-refractivity contribution in [1.29, 1.82) is 0 Å². The molecule has 0 aromatic rings. The molecule has 1 rings (SSSR count). The maximum atomic E-state index is 12.7. The normalized spacial score (nSPS) is 20.3. The number of carbonyl (C=O) groups excluding carboxylic acids is 2. The van der Waals surface area contributed by atoms with Gasteiger partial charge in [-0.05, 0) is 25.7 Å². The Morgan fingerprint density at radius 1 is 1.24 bits per heavy atom. The second-order valence-electron chi connectivity index (χ2n) is 7.30. The van der Waals surface area contributed by atoms with E-state index in [0.717, 1.165) is 44.9 Å². The number of carbonyl (C=O) groups is 2. The Labute approximate surface area is 177 Å². The summed E-state index contributed by atoms with van der Waals surface area (Å²) in [6, 6.07) is 0. The third-order valence-corrected chi connectivity index (χ3v) is 6.34. The van der Waals surface area contributed by atoms with Gasteiger partial charge in [-0.2, -0.15) is 0 Å². The monoisotopic (exact) mass is 424 g/mol. The molecule has 0 aromatic heterocycles. The molecule has 164 valence electrons. The first kappa shape index (κ1) is 25.5. The van der Waals surface area contributed by atoms with E-state index < -0.39 is 16.9 Å². The van der Waals surface area contributed by atoms with Crippen LogP contribution < -0.4 is 0 Å². The van der Waals surface area contributed by atoms with Gasteiger partial charge < -0.3 is 9.84 Å². The summed E-state index contributed by atoms with van der Waals surface area (Å²) < 4.78 is 16.8. The fourth-order valence-corrected chi connectivity index (χ4v) is 4.18. The van der Waals surface area contributed by atoms with E-state index in [9.17, 15) is 18.9 Å². The van der Waals surface area contributed by atoms with E-state index >= 15 is 0 Å². The zero-order chi connectivity index (χ0) is 21.6. The van der Waals surface area contributed by atoms with Crippen LogP contribution in [0, 0.1) is 5.92 Å². The van der Waals surface area contributed by atoms with Crippen molar-refractivity contribution in [3.05, 3.63) is 34.8 Å². The molecule has 0 fully saturated rings. The summed E-state index contributed by atoms with van der Waals surface area (Å²) >= 11 is 0. The number of hydrogen-bond donors (Lipinski definition) is 1. The van der Waals surface area contributed by atoms with E-state index in [1.807, 2.05) is 12.2 Å². The van der Waals surface area contributed by atoms with Gasteiger partial charge >= 0.3 is 5.97 Å². The molecule has 0 aliphatic heterocycles. The largest absolute Gasteiger partial charge is 0.469 e. The average molecular weight is 425 g/mol. The van der Waals surface area contributed by atoms with E-state index in [1.165, 1.54) is 7.11 Å². The van der Waals surface area contributed by atoms with E-state index in [2.05, 4.69) is 11.7 Å². The first-order valence-electron chi connectivity index (χ1n) is 10.7. The number of allylic oxidation sites excluding steroid dienone is 5. The van der Waals surface area contributed by atoms with Gasteiger partial charge in [0.25, 0.3) is 0 Å². The number of aliphatic hydroxyl groups excluding tert-OH is 1. The fourth-order valence-electron chi connectivity index (χ4n) is 3.24. The minimum atomic E-state index is -1.29. The Morgan fingerprint density at radius 2 is 2.00 bits per heavy atom. The number of ketones is 1. The standard InChI is InChI=1S/C23H36O5S/c1-4-6-9-12-19(24)16-15-18-17-21(29(27)5-2)23(26)20(18)13-10-7-8-11-14-22(25)28-3/h13,15-19,24H,4-12,14H2,1-3H3. The van der Waals surface area contributed by atoms with E-state index in [0.29, 0.717) is 29.1 Å². The summed E-state index contributed by atoms with van der Waals surface area (Å²) in [7, 11) is 0.0986. The molecule has 29 heavy (non-hydrogen) atoms. The van der Waals surface area contributed by atoms with Crippen molar-refractivity contribution < 1.29 is 23.6 Å². The molecule has 3 atom stereocenters. The molecule has 0 amide bonds. The summed E-state index contributed by atoms with van der Waals surface area (Å²) in [6.45, 7) is 3.93. The van der Waals surface area contributed by atoms with Gasteiger partial charge in [0.15, 0.2) is 5.78 Å². The minimum Gasteiger partial charge on any atom is -0.469 e. The topological polar surface area (TPSA) is 80.7 Å². The van der Waals surface area contributed by atoms with Crippen LogP contribution in [0.3, 0.4) is 0 Å². The second-order valence-corrected chi connectivity index (χ2v) is 9.01. The fraction of sp³-hybridized carbons (Fsp3) is 0.652. The first-order valence-corrected chi connectivity index (χ1v) is 12.0. The predicted molar refractivity (Wildman–Crippen MR) is 118 cm³/mol. The Morgan fingerprint density at radius 3 is 2.66 bits per heavy atom. The number of methoxy groups -OCH3 is 1. The number of esters is 1. The minimum absolute atomic E-state index is 0.144. The van der Waals surface area contributed by atoms with Gasteiger partial charge in [-0.1, -0.05) is 63.8 Å². The van der Waals surface area contributed by atoms with Crippen LogP contribution >= 0.6 is 0 Å². The first-order chi connectivity index (χ1) is 13.9. The summed E-state index contributed by atoms with van der Waals surface area (Å²) in [5.41, 5.74) is 0.645. The molecule has 0 aromatic carbocycles. The highest BCUT2D eigenvalue weighted by atomic mass is 32.2. The average Bonchev–Trinajstić information content (AvgIpc) is 3.03. The zero-order valence-electron chi connectivity index (χ0n) is 18.0. The van der Waals surface area contributed by atoms with Crippen LogP contribution in [0.5, 0.6) is 0 Å². The Hall–Kier alpha value is -1.53. The number of rotatable bonds is 14. The summed E-state index contributed by atoms with van der Waals surface area (Å²) in [6.07, 6.45) is 14.3. The lowest BCUT2D eigenvalue weighted by Gasteiger charge is -2.08. The van der Waals surface area contributed by atoms with Crippen LogP contribution in [-0.2, 0) is 25.1 Å². The number of aliphatic hydroxyl groups is 1. The molecule has 3 unspecified atom stereocenters. The molecular formula is C23H36O5S. The van der Waals surface area contributed by atoms with E-state index in [4.69, 9.17) is 0 Å². The molecule has 0 heterocycles. The summed E-state index contributed by atoms with van der Waals surface area (Å²) in [4.78, 5) is 24.2. The zero-order valence-corrected chi connectivity index (χ0v) is 18.8. The predicted octanol–water partition coefficient (Wildman–Crippen LogP) is 4.39. The van der Waals surface area contributed by atoms with Crippen LogP contribution in [0.15, 0.2) is 34.8 Å². The molecule has 0 bridgehead atoms. The number of ether oxygens (including phenoxy) is 1. The number of unbranched alkanes of at least 4 members (excludes halogenated alkanes) is 5. The van der Waals surface area contributed by atoms with Crippen molar-refractivity contribution in [2.24, 2.45) is 5.92 Å². The van der Waals surface area contributed by atoms with Gasteiger partial charge in [-0.25, -0.2) is 0 Å². The van der Waals surface area contributed by atoms with Gasteiger partial charge in [-0.15, -0.1) is 0 Å². The Balaban J connectivity index is 2.71. The maximum absolute atomic E-state index is 12.7. The second kappa shape index (κ2) is 14.5.